The standard InChI is InChI=1S/C34H36N4O9S/c1-21-8-3-6-13-29(21)48(44,45)38(33(42)22-9-7-12-25(18-22)46-2)31(32(41)35-17-16-30(39)40)27-20-36-28-15-14-23(19-26(27)28)37-34(43)47-24-10-4-5-11-24/h3,6-9,12-15,18-20,24,31,36H,4-5,10-11,16-17H2,1-2H3,(H,35,41)(H,37,43)(H,39,40). The smallest absolute Gasteiger partial charge is 0.411 e. The highest BCUT2D eigenvalue weighted by molar-refractivity contribution is 7.89. The SMILES string of the molecule is COc1cccc(C(=O)N(C(C(=O)NCCC(=O)O)c2c[nH]c3ccc(NC(=O)OC4CCCC4)cc23)S(=O)(=O)c2ccccc2C)c1. The molecule has 1 fully saturated rings. The van der Waals surface area contributed by atoms with E-state index < -0.39 is 46.4 Å². The molecule has 13 nitrogen and oxygen atoms in total. The summed E-state index contributed by atoms with van der Waals surface area (Å²) in [6, 6.07) is 14.9. The number of hydrogen-bond donors (Lipinski definition) is 4. The van der Waals surface area contributed by atoms with Gasteiger partial charge in [0.2, 0.25) is 5.91 Å². The van der Waals surface area contributed by atoms with Crippen molar-refractivity contribution >= 4 is 50.5 Å². The average molecular weight is 677 g/mol. The minimum absolute atomic E-state index is 0.0771. The Kier molecular flexibility index (Phi) is 10.3. The molecule has 0 bridgehead atoms. The molecule has 1 saturated carbocycles. The highest BCUT2D eigenvalue weighted by atomic mass is 32.2. The van der Waals surface area contributed by atoms with Crippen LogP contribution in [0.1, 0.15) is 59.6 Å². The molecule has 252 valence electrons. The van der Waals surface area contributed by atoms with Crippen LogP contribution < -0.4 is 15.4 Å². The van der Waals surface area contributed by atoms with Gasteiger partial charge in [-0.3, -0.25) is 19.7 Å². The van der Waals surface area contributed by atoms with E-state index in [4.69, 9.17) is 9.47 Å². The Morgan fingerprint density at radius 3 is 2.48 bits per heavy atom. The number of sulfonamides is 1. The topological polar surface area (TPSA) is 184 Å². The summed E-state index contributed by atoms with van der Waals surface area (Å²) >= 11 is 0. The third-order valence-corrected chi connectivity index (χ3v) is 10.0. The molecule has 0 aliphatic heterocycles. The van der Waals surface area contributed by atoms with Crippen LogP contribution in [-0.4, -0.2) is 66.4 Å². The molecule has 3 amide bonds. The molecule has 3 aromatic carbocycles. The van der Waals surface area contributed by atoms with Gasteiger partial charge in [-0.1, -0.05) is 24.3 Å². The Morgan fingerprint density at radius 1 is 1.02 bits per heavy atom. The minimum atomic E-state index is -4.76. The van der Waals surface area contributed by atoms with E-state index in [2.05, 4.69) is 15.6 Å². The lowest BCUT2D eigenvalue weighted by molar-refractivity contribution is -0.137. The van der Waals surface area contributed by atoms with Crippen LogP contribution in [0.2, 0.25) is 0 Å². The molecule has 14 heteroatoms. The number of anilines is 1. The minimum Gasteiger partial charge on any atom is -0.497 e. The van der Waals surface area contributed by atoms with Gasteiger partial charge in [0, 0.05) is 40.5 Å². The van der Waals surface area contributed by atoms with Gasteiger partial charge in [0.15, 0.2) is 6.04 Å². The van der Waals surface area contributed by atoms with E-state index in [1.54, 1.807) is 43.3 Å². The highest BCUT2D eigenvalue weighted by Gasteiger charge is 2.43. The van der Waals surface area contributed by atoms with Gasteiger partial charge in [0.05, 0.1) is 18.4 Å². The summed E-state index contributed by atoms with van der Waals surface area (Å²) < 4.78 is 40.4. The number of carbonyl (C=O) groups is 4. The van der Waals surface area contributed by atoms with Crippen LogP contribution in [0.25, 0.3) is 10.9 Å². The van der Waals surface area contributed by atoms with Crippen LogP contribution in [0.5, 0.6) is 5.75 Å². The molecule has 4 aromatic rings. The number of benzene rings is 3. The molecule has 4 N–H and O–H groups in total. The predicted molar refractivity (Wildman–Crippen MR) is 176 cm³/mol. The maximum absolute atomic E-state index is 14.6. The van der Waals surface area contributed by atoms with E-state index in [1.807, 2.05) is 0 Å². The van der Waals surface area contributed by atoms with Gasteiger partial charge in [0.25, 0.3) is 15.9 Å². The molecule has 5 rings (SSSR count). The molecule has 0 spiro atoms. The predicted octanol–water partition coefficient (Wildman–Crippen LogP) is 5.14. The number of aryl methyl sites for hydroxylation is 1. The first kappa shape index (κ1) is 34.0. The van der Waals surface area contributed by atoms with Crippen LogP contribution in [0, 0.1) is 6.92 Å². The Balaban J connectivity index is 1.66. The zero-order valence-corrected chi connectivity index (χ0v) is 27.2. The van der Waals surface area contributed by atoms with Crippen LogP contribution in [0.4, 0.5) is 10.5 Å². The van der Waals surface area contributed by atoms with E-state index in [1.165, 1.54) is 43.6 Å². The first-order valence-electron chi connectivity index (χ1n) is 15.4. The molecule has 1 aliphatic carbocycles. The molecule has 0 radical (unpaired) electrons. The zero-order chi connectivity index (χ0) is 34.4. The number of aromatic nitrogens is 1. The maximum Gasteiger partial charge on any atom is 0.411 e. The van der Waals surface area contributed by atoms with Gasteiger partial charge in [-0.05, 0) is 80.6 Å². The fraction of sp³-hybridized carbons (Fsp3) is 0.294. The first-order valence-corrected chi connectivity index (χ1v) is 16.8. The molecule has 0 saturated heterocycles. The van der Waals surface area contributed by atoms with Crippen molar-refractivity contribution in [3.8, 4) is 5.75 Å². The molecule has 1 aliphatic rings. The molecule has 48 heavy (non-hydrogen) atoms. The molecule has 1 aromatic heterocycles. The van der Waals surface area contributed by atoms with Gasteiger partial charge >= 0.3 is 12.1 Å². The summed E-state index contributed by atoms with van der Waals surface area (Å²) in [6.07, 6.45) is 3.63. The number of methoxy groups -OCH3 is 1. The van der Waals surface area contributed by atoms with Gasteiger partial charge in [-0.2, -0.15) is 0 Å². The van der Waals surface area contributed by atoms with Crippen molar-refractivity contribution in [2.75, 3.05) is 19.0 Å². The van der Waals surface area contributed by atoms with Crippen molar-refractivity contribution in [2.45, 2.75) is 56.1 Å². The number of carboxylic acids is 1. The molecular formula is C34H36N4O9S. The fourth-order valence-corrected chi connectivity index (χ4v) is 7.46. The van der Waals surface area contributed by atoms with Crippen LogP contribution in [-0.2, 0) is 24.3 Å². The second kappa shape index (κ2) is 14.6. The Hall–Kier alpha value is -5.37. The molecule has 1 atom stereocenters. The number of carboxylic acid groups (broad SMARTS) is 1. The number of aliphatic carboxylic acids is 1. The van der Waals surface area contributed by atoms with Gasteiger partial charge in [-0.25, -0.2) is 17.5 Å². The number of rotatable bonds is 12. The average Bonchev–Trinajstić information content (AvgIpc) is 3.73. The van der Waals surface area contributed by atoms with E-state index in [9.17, 15) is 32.7 Å². The van der Waals surface area contributed by atoms with Gasteiger partial charge < -0.3 is 24.9 Å². The number of amides is 3. The van der Waals surface area contributed by atoms with Crippen molar-refractivity contribution in [1.29, 1.82) is 0 Å². The number of H-pyrrole nitrogens is 1. The van der Waals surface area contributed by atoms with Crippen LogP contribution in [0.3, 0.4) is 0 Å². The number of ether oxygens (including phenoxy) is 2. The molecule has 1 unspecified atom stereocenters. The number of nitrogens with one attached hydrogen (secondary N) is 3. The number of aromatic amines is 1. The van der Waals surface area contributed by atoms with Crippen molar-refractivity contribution < 1.29 is 42.2 Å². The lowest BCUT2D eigenvalue weighted by atomic mass is 10.0. The lowest BCUT2D eigenvalue weighted by Gasteiger charge is -2.31. The Morgan fingerprint density at radius 2 is 1.77 bits per heavy atom. The van der Waals surface area contributed by atoms with E-state index in [0.717, 1.165) is 25.7 Å². The fourth-order valence-electron chi connectivity index (χ4n) is 5.71. The van der Waals surface area contributed by atoms with Crippen molar-refractivity contribution in [3.63, 3.8) is 0 Å². The monoisotopic (exact) mass is 676 g/mol. The summed E-state index contributed by atoms with van der Waals surface area (Å²) in [6.45, 7) is 1.23. The third kappa shape index (κ3) is 7.44. The molecule has 1 heterocycles. The number of hydrogen-bond acceptors (Lipinski definition) is 8. The summed E-state index contributed by atoms with van der Waals surface area (Å²) in [5.41, 5.74) is 1.12. The summed E-state index contributed by atoms with van der Waals surface area (Å²) in [5.74, 6) is -2.87. The zero-order valence-electron chi connectivity index (χ0n) is 26.4. The second-order valence-corrected chi connectivity index (χ2v) is 13.2. The van der Waals surface area contributed by atoms with Gasteiger partial charge in [0.1, 0.15) is 11.9 Å². The largest absolute Gasteiger partial charge is 0.497 e. The van der Waals surface area contributed by atoms with E-state index in [0.29, 0.717) is 26.5 Å². The maximum atomic E-state index is 14.6. The van der Waals surface area contributed by atoms with Gasteiger partial charge in [-0.15, -0.1) is 0 Å². The summed E-state index contributed by atoms with van der Waals surface area (Å²) in [7, 11) is -3.37. The summed E-state index contributed by atoms with van der Waals surface area (Å²) in [4.78, 5) is 55.3. The van der Waals surface area contributed by atoms with Crippen molar-refractivity contribution in [3.05, 3.63) is 89.6 Å². The highest BCUT2D eigenvalue weighted by Crippen LogP contribution is 2.36. The normalized spacial score (nSPS) is 13.9. The van der Waals surface area contributed by atoms with Crippen LogP contribution in [0.15, 0.2) is 77.8 Å². The number of nitrogens with zero attached hydrogens (tertiary/aromatic N) is 1. The van der Waals surface area contributed by atoms with Crippen LogP contribution >= 0.6 is 0 Å². The van der Waals surface area contributed by atoms with E-state index in [-0.39, 0.29) is 34.4 Å². The third-order valence-electron chi connectivity index (χ3n) is 8.10. The Bertz CT molecular complexity index is 1950. The van der Waals surface area contributed by atoms with E-state index >= 15 is 0 Å². The summed E-state index contributed by atoms with van der Waals surface area (Å²) in [5, 5.41) is 14.7. The molecular weight excluding hydrogens is 640 g/mol. The Labute approximate surface area is 277 Å². The lowest BCUT2D eigenvalue weighted by Crippen LogP contribution is -2.47. The number of carbonyl (C=O) groups excluding carboxylic acids is 3. The first-order chi connectivity index (χ1) is 23.0. The van der Waals surface area contributed by atoms with Crippen molar-refractivity contribution in [2.24, 2.45) is 0 Å². The van der Waals surface area contributed by atoms with Crippen molar-refractivity contribution in [1.82, 2.24) is 14.6 Å². The number of fused-ring (bicyclic) bond motifs is 1. The second-order valence-electron chi connectivity index (χ2n) is 11.4. The quantitative estimate of drug-likeness (QED) is 0.158.